The molecule has 0 saturated carbocycles. The summed E-state index contributed by atoms with van der Waals surface area (Å²) in [5.41, 5.74) is 0.415. The topological polar surface area (TPSA) is 79.3 Å². The van der Waals surface area contributed by atoms with Crippen molar-refractivity contribution in [2.45, 2.75) is 13.8 Å². The Balaban J connectivity index is 2.24. The van der Waals surface area contributed by atoms with Crippen LogP contribution in [-0.2, 0) is 0 Å². The van der Waals surface area contributed by atoms with Gasteiger partial charge in [0.15, 0.2) is 0 Å². The second-order valence-corrected chi connectivity index (χ2v) is 5.93. The number of amides is 1. The van der Waals surface area contributed by atoms with E-state index in [1.807, 2.05) is 0 Å². The number of nitrogens with one attached hydrogen (secondary N) is 1. The zero-order valence-electron chi connectivity index (χ0n) is 9.68. The molecule has 0 aromatic carbocycles. The number of nitrogens with zero attached hydrogens (tertiary/aromatic N) is 1. The van der Waals surface area contributed by atoms with E-state index in [0.717, 1.165) is 9.88 Å². The first-order valence-corrected chi connectivity index (χ1v) is 6.74. The summed E-state index contributed by atoms with van der Waals surface area (Å²) in [6.45, 7) is 3.60. The minimum atomic E-state index is -1.05. The highest BCUT2D eigenvalue weighted by molar-refractivity contribution is 7.16. The largest absolute Gasteiger partial charge is 0.478 e. The quantitative estimate of drug-likeness (QED) is 0.907. The molecule has 2 heterocycles. The molecule has 0 bridgehead atoms. The van der Waals surface area contributed by atoms with Crippen LogP contribution in [0.2, 0.25) is 0 Å². The van der Waals surface area contributed by atoms with Gasteiger partial charge in [-0.15, -0.1) is 22.7 Å². The van der Waals surface area contributed by atoms with Gasteiger partial charge < -0.3 is 10.4 Å². The molecule has 0 spiro atoms. The number of aromatic nitrogens is 1. The van der Waals surface area contributed by atoms with Gasteiger partial charge in [0.1, 0.15) is 10.7 Å². The van der Waals surface area contributed by atoms with E-state index in [4.69, 9.17) is 5.11 Å². The second-order valence-electron chi connectivity index (χ2n) is 3.61. The van der Waals surface area contributed by atoms with Gasteiger partial charge in [-0.25, -0.2) is 9.78 Å². The van der Waals surface area contributed by atoms with Gasteiger partial charge in [0, 0.05) is 10.3 Å². The molecule has 0 aliphatic rings. The molecule has 2 N–H and O–H groups in total. The Morgan fingerprint density at radius 3 is 2.67 bits per heavy atom. The first-order valence-electron chi connectivity index (χ1n) is 5.04. The fraction of sp³-hybridized carbons (Fsp3) is 0.182. The first kappa shape index (κ1) is 12.7. The fourth-order valence-corrected chi connectivity index (χ4v) is 2.89. The van der Waals surface area contributed by atoms with Crippen LogP contribution in [0, 0.1) is 13.8 Å². The molecule has 0 saturated heterocycles. The van der Waals surface area contributed by atoms with Crippen molar-refractivity contribution in [2.24, 2.45) is 0 Å². The van der Waals surface area contributed by atoms with Gasteiger partial charge in [0.2, 0.25) is 0 Å². The Morgan fingerprint density at radius 2 is 2.11 bits per heavy atom. The number of aryl methyl sites for hydroxylation is 2. The van der Waals surface area contributed by atoms with Crippen LogP contribution in [0.1, 0.15) is 30.7 Å². The summed E-state index contributed by atoms with van der Waals surface area (Å²) in [5, 5.41) is 14.4. The Morgan fingerprint density at radius 1 is 1.39 bits per heavy atom. The normalized spacial score (nSPS) is 10.3. The molecule has 2 aromatic rings. The average Bonchev–Trinajstić information content (AvgIpc) is 2.85. The fourth-order valence-electron chi connectivity index (χ4n) is 1.40. The van der Waals surface area contributed by atoms with E-state index in [9.17, 15) is 9.59 Å². The maximum atomic E-state index is 11.9. The van der Waals surface area contributed by atoms with E-state index < -0.39 is 5.97 Å². The zero-order chi connectivity index (χ0) is 13.3. The average molecular weight is 282 g/mol. The molecular weight excluding hydrogens is 272 g/mol. The van der Waals surface area contributed by atoms with Crippen molar-refractivity contribution in [3.63, 3.8) is 0 Å². The third-order valence-electron chi connectivity index (χ3n) is 2.16. The molecule has 0 aliphatic carbocycles. The summed E-state index contributed by atoms with van der Waals surface area (Å²) in [6.07, 6.45) is 0. The van der Waals surface area contributed by atoms with Gasteiger partial charge in [-0.05, 0) is 19.9 Å². The standard InChI is InChI=1S/C11H10N2O3S2/c1-5-3-7(11(15)16)10(18-5)13-9(14)8-4-17-6(2)12-8/h3-4H,1-2H3,(H,13,14)(H,15,16). The lowest BCUT2D eigenvalue weighted by Gasteiger charge is -2.01. The highest BCUT2D eigenvalue weighted by atomic mass is 32.1. The van der Waals surface area contributed by atoms with Crippen LogP contribution >= 0.6 is 22.7 Å². The Hall–Kier alpha value is -1.73. The van der Waals surface area contributed by atoms with Crippen LogP contribution in [0.25, 0.3) is 0 Å². The van der Waals surface area contributed by atoms with E-state index in [2.05, 4.69) is 10.3 Å². The summed E-state index contributed by atoms with van der Waals surface area (Å²) in [4.78, 5) is 27.7. The van der Waals surface area contributed by atoms with E-state index in [0.29, 0.717) is 10.7 Å². The predicted octanol–water partition coefficient (Wildman–Crippen LogP) is 2.77. The molecule has 7 heteroatoms. The number of carbonyl (C=O) groups excluding carboxylic acids is 1. The monoisotopic (exact) mass is 282 g/mol. The summed E-state index contributed by atoms with van der Waals surface area (Å²) in [6, 6.07) is 1.54. The lowest BCUT2D eigenvalue weighted by atomic mass is 10.3. The number of carboxylic acids is 1. The summed E-state index contributed by atoms with van der Waals surface area (Å²) in [7, 11) is 0. The molecule has 2 aromatic heterocycles. The smallest absolute Gasteiger partial charge is 0.338 e. The third-order valence-corrected chi connectivity index (χ3v) is 3.90. The third kappa shape index (κ3) is 2.57. The molecule has 5 nitrogen and oxygen atoms in total. The number of hydrogen-bond donors (Lipinski definition) is 2. The molecule has 0 radical (unpaired) electrons. The highest BCUT2D eigenvalue weighted by Gasteiger charge is 2.17. The molecule has 0 fully saturated rings. The number of carbonyl (C=O) groups is 2. The van der Waals surface area contributed by atoms with E-state index in [1.54, 1.807) is 19.2 Å². The van der Waals surface area contributed by atoms with Gasteiger partial charge in [0.25, 0.3) is 5.91 Å². The molecule has 0 atom stereocenters. The van der Waals surface area contributed by atoms with Crippen LogP contribution in [-0.4, -0.2) is 22.0 Å². The number of thiazole rings is 1. The van der Waals surface area contributed by atoms with E-state index >= 15 is 0 Å². The number of rotatable bonds is 3. The van der Waals surface area contributed by atoms with Gasteiger partial charge in [-0.2, -0.15) is 0 Å². The Bertz CT molecular complexity index is 616. The van der Waals surface area contributed by atoms with Crippen molar-refractivity contribution in [3.8, 4) is 0 Å². The van der Waals surface area contributed by atoms with Crippen molar-refractivity contribution in [2.75, 3.05) is 5.32 Å². The van der Waals surface area contributed by atoms with Gasteiger partial charge in [0.05, 0.1) is 10.6 Å². The number of hydrogen-bond acceptors (Lipinski definition) is 5. The van der Waals surface area contributed by atoms with Crippen molar-refractivity contribution in [3.05, 3.63) is 32.6 Å². The maximum absolute atomic E-state index is 11.9. The SMILES string of the molecule is Cc1cc(C(=O)O)c(NC(=O)c2csc(C)n2)s1. The van der Waals surface area contributed by atoms with Crippen molar-refractivity contribution in [1.82, 2.24) is 4.98 Å². The predicted molar refractivity (Wildman–Crippen MR) is 70.8 cm³/mol. The van der Waals surface area contributed by atoms with E-state index in [1.165, 1.54) is 28.7 Å². The molecule has 94 valence electrons. The summed E-state index contributed by atoms with van der Waals surface area (Å²) in [5.74, 6) is -1.44. The molecule has 2 rings (SSSR count). The number of carboxylic acid groups (broad SMARTS) is 1. The molecule has 1 amide bonds. The lowest BCUT2D eigenvalue weighted by Crippen LogP contribution is -2.13. The number of aromatic carboxylic acids is 1. The molecular formula is C11H10N2O3S2. The highest BCUT2D eigenvalue weighted by Crippen LogP contribution is 2.28. The minimum absolute atomic E-state index is 0.109. The Labute approximate surface area is 111 Å². The summed E-state index contributed by atoms with van der Waals surface area (Å²) >= 11 is 2.61. The summed E-state index contributed by atoms with van der Waals surface area (Å²) < 4.78 is 0. The van der Waals surface area contributed by atoms with Gasteiger partial charge >= 0.3 is 5.97 Å². The minimum Gasteiger partial charge on any atom is -0.478 e. The molecule has 18 heavy (non-hydrogen) atoms. The zero-order valence-corrected chi connectivity index (χ0v) is 11.3. The lowest BCUT2D eigenvalue weighted by molar-refractivity contribution is 0.0698. The molecule has 0 aliphatic heterocycles. The van der Waals surface area contributed by atoms with Crippen molar-refractivity contribution < 1.29 is 14.7 Å². The Kier molecular flexibility index (Phi) is 3.44. The number of thiophene rings is 1. The van der Waals surface area contributed by atoms with Crippen LogP contribution < -0.4 is 5.32 Å². The van der Waals surface area contributed by atoms with Crippen molar-refractivity contribution in [1.29, 1.82) is 0 Å². The van der Waals surface area contributed by atoms with Crippen LogP contribution in [0.15, 0.2) is 11.4 Å². The second kappa shape index (κ2) is 4.87. The van der Waals surface area contributed by atoms with Crippen LogP contribution in [0.4, 0.5) is 5.00 Å². The van der Waals surface area contributed by atoms with Crippen LogP contribution in [0.5, 0.6) is 0 Å². The maximum Gasteiger partial charge on any atom is 0.338 e. The first-order chi connectivity index (χ1) is 8.47. The van der Waals surface area contributed by atoms with E-state index in [-0.39, 0.29) is 11.5 Å². The van der Waals surface area contributed by atoms with Crippen molar-refractivity contribution >= 4 is 39.6 Å². The molecule has 0 unspecified atom stereocenters. The van der Waals surface area contributed by atoms with Crippen LogP contribution in [0.3, 0.4) is 0 Å². The van der Waals surface area contributed by atoms with Gasteiger partial charge in [-0.1, -0.05) is 0 Å². The number of anilines is 1. The van der Waals surface area contributed by atoms with Gasteiger partial charge in [-0.3, -0.25) is 4.79 Å².